The average molecular weight is 339 g/mol. The van der Waals surface area contributed by atoms with Gasteiger partial charge in [-0.1, -0.05) is 82.7 Å². The predicted molar refractivity (Wildman–Crippen MR) is 99.0 cm³/mol. The van der Waals surface area contributed by atoms with Gasteiger partial charge in [0.2, 0.25) is 5.91 Å². The Morgan fingerprint density at radius 1 is 0.957 bits per heavy atom. The monoisotopic (exact) mass is 338 g/mol. The van der Waals surface area contributed by atoms with E-state index < -0.39 is 0 Å². The van der Waals surface area contributed by atoms with Crippen LogP contribution in [-0.2, 0) is 4.79 Å². The van der Waals surface area contributed by atoms with Crippen LogP contribution in [0.3, 0.4) is 0 Å². The van der Waals surface area contributed by atoms with Crippen LogP contribution in [0.2, 0.25) is 5.15 Å². The number of amides is 1. The highest BCUT2D eigenvalue weighted by atomic mass is 35.5. The van der Waals surface area contributed by atoms with Crippen LogP contribution in [0.1, 0.15) is 84.0 Å². The van der Waals surface area contributed by atoms with Crippen molar-refractivity contribution in [3.63, 3.8) is 0 Å². The summed E-state index contributed by atoms with van der Waals surface area (Å²) in [4.78, 5) is 15.7. The molecular weight excluding hydrogens is 308 g/mol. The van der Waals surface area contributed by atoms with Crippen molar-refractivity contribution in [3.05, 3.63) is 23.5 Å². The second-order valence-electron chi connectivity index (χ2n) is 6.20. The van der Waals surface area contributed by atoms with E-state index in [1.54, 1.807) is 18.3 Å². The van der Waals surface area contributed by atoms with Crippen LogP contribution in [-0.4, -0.2) is 10.9 Å². The number of hydrogen-bond donors (Lipinski definition) is 1. The zero-order chi connectivity index (χ0) is 16.8. The van der Waals surface area contributed by atoms with Crippen LogP contribution in [0.4, 0.5) is 5.69 Å². The van der Waals surface area contributed by atoms with Gasteiger partial charge in [-0.15, -0.1) is 0 Å². The summed E-state index contributed by atoms with van der Waals surface area (Å²) in [6.45, 7) is 2.26. The van der Waals surface area contributed by atoms with Gasteiger partial charge in [0.25, 0.3) is 0 Å². The van der Waals surface area contributed by atoms with Crippen molar-refractivity contribution >= 4 is 23.2 Å². The van der Waals surface area contributed by atoms with Gasteiger partial charge < -0.3 is 5.32 Å². The van der Waals surface area contributed by atoms with E-state index in [9.17, 15) is 4.79 Å². The lowest BCUT2D eigenvalue weighted by Crippen LogP contribution is -2.11. The van der Waals surface area contributed by atoms with Gasteiger partial charge in [-0.2, -0.15) is 0 Å². The van der Waals surface area contributed by atoms with Crippen molar-refractivity contribution in [1.29, 1.82) is 0 Å². The number of rotatable bonds is 13. The maximum atomic E-state index is 11.8. The zero-order valence-corrected chi connectivity index (χ0v) is 15.2. The molecule has 0 fully saturated rings. The van der Waals surface area contributed by atoms with Crippen LogP contribution in [0.5, 0.6) is 0 Å². The SMILES string of the molecule is CCCCCCCCCCCCCC(=O)Nc1ccc(Cl)nc1. The molecule has 0 radical (unpaired) electrons. The van der Waals surface area contributed by atoms with E-state index in [0.29, 0.717) is 17.3 Å². The van der Waals surface area contributed by atoms with Gasteiger partial charge >= 0.3 is 0 Å². The summed E-state index contributed by atoms with van der Waals surface area (Å²) in [5.74, 6) is 0.0602. The van der Waals surface area contributed by atoms with Gasteiger partial charge in [0.05, 0.1) is 11.9 Å². The third kappa shape index (κ3) is 11.1. The number of carbonyl (C=O) groups is 1. The number of unbranched alkanes of at least 4 members (excludes halogenated alkanes) is 10. The van der Waals surface area contributed by atoms with Gasteiger partial charge in [-0.3, -0.25) is 4.79 Å². The first kappa shape index (κ1) is 20.0. The number of hydrogen-bond acceptors (Lipinski definition) is 2. The highest BCUT2D eigenvalue weighted by Crippen LogP contribution is 2.13. The molecule has 1 N–H and O–H groups in total. The Labute approximate surface area is 146 Å². The lowest BCUT2D eigenvalue weighted by Gasteiger charge is -2.05. The second kappa shape index (κ2) is 13.4. The van der Waals surface area contributed by atoms with Gasteiger partial charge in [0, 0.05) is 6.42 Å². The minimum Gasteiger partial charge on any atom is -0.325 e. The van der Waals surface area contributed by atoms with E-state index in [2.05, 4.69) is 17.2 Å². The standard InChI is InChI=1S/C19H31ClN2O/c1-2-3-4-5-6-7-8-9-10-11-12-13-19(23)22-17-14-15-18(20)21-16-17/h14-16H,2-13H2,1H3,(H,22,23). The Morgan fingerprint density at radius 2 is 1.52 bits per heavy atom. The van der Waals surface area contributed by atoms with E-state index in [1.807, 2.05) is 0 Å². The summed E-state index contributed by atoms with van der Waals surface area (Å²) in [6.07, 6.45) is 16.4. The average Bonchev–Trinajstić information content (AvgIpc) is 2.55. The Hall–Kier alpha value is -1.09. The highest BCUT2D eigenvalue weighted by molar-refractivity contribution is 6.29. The second-order valence-corrected chi connectivity index (χ2v) is 6.59. The molecule has 0 spiro atoms. The minimum absolute atomic E-state index is 0.0602. The largest absolute Gasteiger partial charge is 0.325 e. The molecule has 1 amide bonds. The van der Waals surface area contributed by atoms with Crippen molar-refractivity contribution in [3.8, 4) is 0 Å². The van der Waals surface area contributed by atoms with Crippen molar-refractivity contribution in [1.82, 2.24) is 4.98 Å². The first-order valence-corrected chi connectivity index (χ1v) is 9.51. The molecule has 0 aliphatic carbocycles. The van der Waals surface area contributed by atoms with E-state index in [0.717, 1.165) is 12.8 Å². The summed E-state index contributed by atoms with van der Waals surface area (Å²) >= 11 is 5.71. The maximum Gasteiger partial charge on any atom is 0.224 e. The van der Waals surface area contributed by atoms with Crippen LogP contribution < -0.4 is 5.32 Å². The summed E-state index contributed by atoms with van der Waals surface area (Å²) in [6, 6.07) is 3.45. The van der Waals surface area contributed by atoms with E-state index in [-0.39, 0.29) is 5.91 Å². The van der Waals surface area contributed by atoms with Crippen molar-refractivity contribution < 1.29 is 4.79 Å². The van der Waals surface area contributed by atoms with E-state index >= 15 is 0 Å². The number of nitrogens with one attached hydrogen (secondary N) is 1. The number of halogens is 1. The van der Waals surface area contributed by atoms with Crippen LogP contribution in [0.15, 0.2) is 18.3 Å². The first-order chi connectivity index (χ1) is 11.2. The molecule has 0 aliphatic heterocycles. The van der Waals surface area contributed by atoms with Crippen LogP contribution >= 0.6 is 11.6 Å². The minimum atomic E-state index is 0.0602. The summed E-state index contributed by atoms with van der Waals surface area (Å²) in [7, 11) is 0. The third-order valence-electron chi connectivity index (χ3n) is 4.02. The molecule has 0 saturated heterocycles. The van der Waals surface area contributed by atoms with Gasteiger partial charge in [-0.25, -0.2) is 4.98 Å². The smallest absolute Gasteiger partial charge is 0.224 e. The number of anilines is 1. The molecule has 3 nitrogen and oxygen atoms in total. The fourth-order valence-electron chi connectivity index (χ4n) is 2.62. The van der Waals surface area contributed by atoms with E-state index in [4.69, 9.17) is 11.6 Å². The molecule has 1 heterocycles. The normalized spacial score (nSPS) is 10.7. The number of aromatic nitrogens is 1. The highest BCUT2D eigenvalue weighted by Gasteiger charge is 2.02. The summed E-state index contributed by atoms with van der Waals surface area (Å²) in [5, 5.41) is 3.28. The lowest BCUT2D eigenvalue weighted by molar-refractivity contribution is -0.116. The maximum absolute atomic E-state index is 11.8. The molecule has 1 aromatic heterocycles. The molecular formula is C19H31ClN2O. The predicted octanol–water partition coefficient (Wildman–Crippen LogP) is 6.37. The Kier molecular flexibility index (Phi) is 11.6. The van der Waals surface area contributed by atoms with Crippen molar-refractivity contribution in [2.45, 2.75) is 84.0 Å². The van der Waals surface area contributed by atoms with Gasteiger partial charge in [0.1, 0.15) is 5.15 Å². The van der Waals surface area contributed by atoms with Crippen LogP contribution in [0, 0.1) is 0 Å². The molecule has 1 rings (SSSR count). The van der Waals surface area contributed by atoms with Gasteiger partial charge in [-0.05, 0) is 18.6 Å². The fourth-order valence-corrected chi connectivity index (χ4v) is 2.73. The van der Waals surface area contributed by atoms with Crippen molar-refractivity contribution in [2.75, 3.05) is 5.32 Å². The van der Waals surface area contributed by atoms with Gasteiger partial charge in [0.15, 0.2) is 0 Å². The van der Waals surface area contributed by atoms with Crippen molar-refractivity contribution in [2.24, 2.45) is 0 Å². The number of nitrogens with zero attached hydrogens (tertiary/aromatic N) is 1. The molecule has 23 heavy (non-hydrogen) atoms. The number of pyridine rings is 1. The molecule has 0 bridgehead atoms. The first-order valence-electron chi connectivity index (χ1n) is 9.13. The summed E-state index contributed by atoms with van der Waals surface area (Å²) < 4.78 is 0. The molecule has 130 valence electrons. The molecule has 0 unspecified atom stereocenters. The number of carbonyl (C=O) groups excluding carboxylic acids is 1. The zero-order valence-electron chi connectivity index (χ0n) is 14.5. The Morgan fingerprint density at radius 3 is 2.04 bits per heavy atom. The van der Waals surface area contributed by atoms with Crippen LogP contribution in [0.25, 0.3) is 0 Å². The lowest BCUT2D eigenvalue weighted by atomic mass is 10.1. The van der Waals surface area contributed by atoms with E-state index in [1.165, 1.54) is 57.8 Å². The molecule has 0 saturated carbocycles. The molecule has 0 aromatic carbocycles. The quantitative estimate of drug-likeness (QED) is 0.335. The molecule has 0 atom stereocenters. The Bertz CT molecular complexity index is 420. The molecule has 4 heteroatoms. The molecule has 1 aromatic rings. The third-order valence-corrected chi connectivity index (χ3v) is 4.24. The fraction of sp³-hybridized carbons (Fsp3) is 0.684. The Balaban J connectivity index is 1.90. The summed E-state index contributed by atoms with van der Waals surface area (Å²) in [5.41, 5.74) is 0.711. The molecule has 0 aliphatic rings. The topological polar surface area (TPSA) is 42.0 Å².